The zero-order chi connectivity index (χ0) is 35.4. The van der Waals surface area contributed by atoms with Crippen LogP contribution in [0.2, 0.25) is 0 Å². The fraction of sp³-hybridized carbons (Fsp3) is 0.225. The summed E-state index contributed by atoms with van der Waals surface area (Å²) in [6, 6.07) is 29.3. The van der Waals surface area contributed by atoms with Crippen molar-refractivity contribution in [3.8, 4) is 23.0 Å². The molecule has 50 heavy (non-hydrogen) atoms. The summed E-state index contributed by atoms with van der Waals surface area (Å²) in [4.78, 5) is 33.0. The summed E-state index contributed by atoms with van der Waals surface area (Å²) in [5.41, 5.74) is 3.32. The summed E-state index contributed by atoms with van der Waals surface area (Å²) < 4.78 is 26.1. The molecule has 1 aliphatic heterocycles. The molecule has 4 aromatic carbocycles. The van der Waals surface area contributed by atoms with Crippen LogP contribution < -0.4 is 33.8 Å². The highest BCUT2D eigenvalue weighted by Gasteiger charge is 2.33. The predicted octanol–water partition coefficient (Wildman–Crippen LogP) is 7.37. The van der Waals surface area contributed by atoms with Crippen LogP contribution in [-0.4, -0.2) is 30.9 Å². The molecule has 2 heterocycles. The van der Waals surface area contributed by atoms with Crippen LogP contribution in [0.4, 0.5) is 0 Å². The van der Waals surface area contributed by atoms with E-state index in [1.54, 1.807) is 48.9 Å². The number of methoxy groups -OCH3 is 1. The molecule has 1 aliphatic rings. The van der Waals surface area contributed by atoms with E-state index in [0.717, 1.165) is 16.9 Å². The molecule has 1 aromatic heterocycles. The second kappa shape index (κ2) is 14.9. The molecule has 0 saturated heterocycles. The summed E-state index contributed by atoms with van der Waals surface area (Å²) >= 11 is 4.88. The average molecular weight is 754 g/mol. The molecule has 0 fully saturated rings. The highest BCUT2D eigenvalue weighted by molar-refractivity contribution is 9.10. The molecule has 5 aromatic rings. The molecule has 0 radical (unpaired) electrons. The van der Waals surface area contributed by atoms with Gasteiger partial charge in [-0.1, -0.05) is 92.8 Å². The molecular weight excluding hydrogens is 716 g/mol. The minimum atomic E-state index is -0.721. The highest BCUT2D eigenvalue weighted by Crippen LogP contribution is 2.37. The van der Waals surface area contributed by atoms with Gasteiger partial charge in [0.2, 0.25) is 0 Å². The van der Waals surface area contributed by atoms with Crippen molar-refractivity contribution in [2.75, 3.05) is 20.3 Å². The number of esters is 1. The first-order chi connectivity index (χ1) is 24.0. The lowest BCUT2D eigenvalue weighted by atomic mass is 9.87. The van der Waals surface area contributed by atoms with Crippen LogP contribution in [-0.2, 0) is 10.2 Å². The first-order valence-electron chi connectivity index (χ1n) is 16.1. The summed E-state index contributed by atoms with van der Waals surface area (Å²) in [5, 5.41) is 0. The van der Waals surface area contributed by atoms with Crippen LogP contribution in [0.15, 0.2) is 123 Å². The Labute approximate surface area is 303 Å². The van der Waals surface area contributed by atoms with E-state index >= 15 is 0 Å². The number of nitrogens with zero attached hydrogens (tertiary/aromatic N) is 2. The molecule has 6 rings (SSSR count). The van der Waals surface area contributed by atoms with Crippen LogP contribution in [0.25, 0.3) is 6.08 Å². The fourth-order valence-electron chi connectivity index (χ4n) is 5.65. The highest BCUT2D eigenvalue weighted by atomic mass is 79.9. The minimum absolute atomic E-state index is 0.0727. The molecule has 256 valence electrons. The smallest absolute Gasteiger partial charge is 0.343 e. The van der Waals surface area contributed by atoms with Crippen molar-refractivity contribution in [1.29, 1.82) is 0 Å². The quantitative estimate of drug-likeness (QED) is 0.0842. The number of carbonyl (C=O) groups is 1. The second-order valence-corrected chi connectivity index (χ2v) is 14.6. The van der Waals surface area contributed by atoms with Crippen molar-refractivity contribution in [3.63, 3.8) is 0 Å². The van der Waals surface area contributed by atoms with Crippen LogP contribution in [0, 0.1) is 0 Å². The Kier molecular flexibility index (Phi) is 10.4. The number of rotatable bonds is 10. The maximum Gasteiger partial charge on any atom is 0.343 e. The number of carbonyl (C=O) groups excluding carboxylic acids is 1. The lowest BCUT2D eigenvalue weighted by molar-refractivity contribution is -0.130. The Morgan fingerprint density at radius 3 is 2.24 bits per heavy atom. The maximum absolute atomic E-state index is 14.1. The normalized spacial score (nSPS) is 14.5. The van der Waals surface area contributed by atoms with Gasteiger partial charge < -0.3 is 18.9 Å². The predicted molar refractivity (Wildman–Crippen MR) is 199 cm³/mol. The monoisotopic (exact) mass is 752 g/mol. The molecule has 0 aliphatic carbocycles. The number of para-hydroxylation sites is 1. The van der Waals surface area contributed by atoms with E-state index in [1.807, 2.05) is 60.7 Å². The number of ether oxygens (including phenoxy) is 4. The van der Waals surface area contributed by atoms with Crippen molar-refractivity contribution in [3.05, 3.63) is 149 Å². The molecule has 0 amide bonds. The van der Waals surface area contributed by atoms with Gasteiger partial charge in [-0.3, -0.25) is 9.36 Å². The number of aromatic nitrogens is 1. The zero-order valence-electron chi connectivity index (χ0n) is 28.4. The van der Waals surface area contributed by atoms with E-state index in [9.17, 15) is 9.59 Å². The summed E-state index contributed by atoms with van der Waals surface area (Å²) in [6.45, 7) is 8.93. The Bertz CT molecular complexity index is 2220. The van der Waals surface area contributed by atoms with Gasteiger partial charge in [-0.15, -0.1) is 0 Å². The number of hydrogen-bond acceptors (Lipinski definition) is 8. The first-order valence-corrected chi connectivity index (χ1v) is 17.7. The van der Waals surface area contributed by atoms with Gasteiger partial charge in [0.25, 0.3) is 5.56 Å². The van der Waals surface area contributed by atoms with Gasteiger partial charge in [0.1, 0.15) is 24.7 Å². The van der Waals surface area contributed by atoms with Crippen molar-refractivity contribution in [1.82, 2.24) is 4.57 Å². The third kappa shape index (κ3) is 7.61. The summed E-state index contributed by atoms with van der Waals surface area (Å²) in [7, 11) is 1.57. The molecular formula is C40H37BrN2O6S. The summed E-state index contributed by atoms with van der Waals surface area (Å²) in [5.74, 6) is 1.64. The van der Waals surface area contributed by atoms with E-state index in [2.05, 4.69) is 48.8 Å². The molecule has 0 unspecified atom stereocenters. The van der Waals surface area contributed by atoms with Crippen molar-refractivity contribution in [2.45, 2.75) is 39.2 Å². The second-order valence-electron chi connectivity index (χ2n) is 12.7. The molecule has 0 N–H and O–H groups in total. The minimum Gasteiger partial charge on any atom is -0.493 e. The number of fused-ring (bicyclic) bond motifs is 1. The van der Waals surface area contributed by atoms with Gasteiger partial charge in [-0.2, -0.15) is 0 Å². The van der Waals surface area contributed by atoms with Gasteiger partial charge in [-0.05, 0) is 87.4 Å². The molecule has 10 heteroatoms. The van der Waals surface area contributed by atoms with E-state index in [4.69, 9.17) is 23.9 Å². The number of benzene rings is 4. The largest absolute Gasteiger partial charge is 0.493 e. The first kappa shape index (κ1) is 34.9. The fourth-order valence-corrected chi connectivity index (χ4v) is 7.27. The Morgan fingerprint density at radius 1 is 0.920 bits per heavy atom. The van der Waals surface area contributed by atoms with Crippen molar-refractivity contribution in [2.24, 2.45) is 4.99 Å². The van der Waals surface area contributed by atoms with Crippen LogP contribution in [0.5, 0.6) is 23.0 Å². The Hall–Kier alpha value is -4.93. The van der Waals surface area contributed by atoms with E-state index in [0.29, 0.717) is 55.5 Å². The number of thiazole rings is 1. The Morgan fingerprint density at radius 2 is 1.58 bits per heavy atom. The van der Waals surface area contributed by atoms with E-state index in [1.165, 1.54) is 16.9 Å². The van der Waals surface area contributed by atoms with Gasteiger partial charge in [-0.25, -0.2) is 9.79 Å². The third-order valence-electron chi connectivity index (χ3n) is 8.18. The van der Waals surface area contributed by atoms with Crippen LogP contribution in [0.1, 0.15) is 50.4 Å². The van der Waals surface area contributed by atoms with Gasteiger partial charge in [0.05, 0.1) is 33.4 Å². The third-order valence-corrected chi connectivity index (χ3v) is 9.75. The average Bonchev–Trinajstić information content (AvgIpc) is 3.40. The number of halogens is 1. The van der Waals surface area contributed by atoms with E-state index in [-0.39, 0.29) is 11.0 Å². The molecule has 0 saturated carbocycles. The SMILES string of the molecule is COc1cc(/C=c2\sc3n(c2=O)[C@H](c2ccccc2)C(C(=O)Oc2ccccc2)=C(C)N=3)cc(Br)c1OCCOc1ccc(C(C)(C)C)cc1. The molecule has 0 spiro atoms. The number of allylic oxidation sites excluding steroid dienone is 1. The van der Waals surface area contributed by atoms with Crippen LogP contribution >= 0.6 is 27.3 Å². The Balaban J connectivity index is 1.26. The standard InChI is InChI=1S/C40H37BrN2O6S/c1-25-34(38(45)49-30-14-10-7-11-15-30)35(27-12-8-6-9-13-27)43-37(44)33(50-39(43)42-25)24-26-22-31(41)36(32(23-26)46-5)48-21-20-47-29-18-16-28(17-19-29)40(2,3)4/h6-19,22-24,35H,20-21H2,1-5H3/b33-24-/t35-/m1/s1. The molecule has 8 nitrogen and oxygen atoms in total. The van der Waals surface area contributed by atoms with Crippen molar-refractivity contribution < 1.29 is 23.7 Å². The maximum atomic E-state index is 14.1. The lowest BCUT2D eigenvalue weighted by Gasteiger charge is -2.24. The van der Waals surface area contributed by atoms with Gasteiger partial charge >= 0.3 is 5.97 Å². The van der Waals surface area contributed by atoms with Crippen LogP contribution in [0.3, 0.4) is 0 Å². The van der Waals surface area contributed by atoms with Gasteiger partial charge in [0, 0.05) is 0 Å². The number of hydrogen-bond donors (Lipinski definition) is 0. The zero-order valence-corrected chi connectivity index (χ0v) is 30.8. The molecule has 1 atom stereocenters. The topological polar surface area (TPSA) is 88.4 Å². The van der Waals surface area contributed by atoms with Crippen molar-refractivity contribution >= 4 is 39.3 Å². The van der Waals surface area contributed by atoms with Gasteiger partial charge in [0.15, 0.2) is 16.3 Å². The van der Waals surface area contributed by atoms with E-state index < -0.39 is 12.0 Å². The summed E-state index contributed by atoms with van der Waals surface area (Å²) in [6.07, 6.45) is 1.79. The molecule has 0 bridgehead atoms. The lowest BCUT2D eigenvalue weighted by Crippen LogP contribution is -2.40.